The lowest BCUT2D eigenvalue weighted by Gasteiger charge is -2.27. The monoisotopic (exact) mass is 457 g/mol. The molecule has 3 rings (SSSR count). The van der Waals surface area contributed by atoms with E-state index in [4.69, 9.17) is 0 Å². The van der Waals surface area contributed by atoms with Crippen molar-refractivity contribution in [3.8, 4) is 0 Å². The van der Waals surface area contributed by atoms with Crippen LogP contribution >= 0.6 is 29.9 Å². The predicted octanol–water partition coefficient (Wildman–Crippen LogP) is 5.71. The van der Waals surface area contributed by atoms with E-state index in [0.717, 1.165) is 6.42 Å². The minimum Gasteiger partial charge on any atom is -0.0783 e. The first kappa shape index (κ1) is 18.4. The maximum absolute atomic E-state index is 2.32. The molecule has 2 heteroatoms. The Morgan fingerprint density at radius 1 is 0.640 bits per heavy atom. The molecule has 0 unspecified atom stereocenters. The van der Waals surface area contributed by atoms with Crippen LogP contribution in [0.3, 0.4) is 0 Å². The molecular weight excluding hydrogens is 434 g/mol. The lowest BCUT2D eigenvalue weighted by Crippen LogP contribution is -2.33. The third-order valence-electron chi connectivity index (χ3n) is 4.54. The fourth-order valence-electron chi connectivity index (χ4n) is 3.39. The van der Waals surface area contributed by atoms with Crippen LogP contribution in [0.15, 0.2) is 101 Å². The lowest BCUT2D eigenvalue weighted by molar-refractivity contribution is 0.967. The summed E-state index contributed by atoms with van der Waals surface area (Å²) in [5.74, 6) is 0. The van der Waals surface area contributed by atoms with Gasteiger partial charge in [0.1, 0.15) is 23.2 Å². The van der Waals surface area contributed by atoms with E-state index in [0.29, 0.717) is 0 Å². The van der Waals surface area contributed by atoms with Gasteiger partial charge < -0.3 is 0 Å². The first-order valence-electron chi connectivity index (χ1n) is 8.68. The van der Waals surface area contributed by atoms with Crippen LogP contribution in [0.4, 0.5) is 0 Å². The largest absolute Gasteiger partial charge is 0.112 e. The number of rotatable bonds is 7. The normalized spacial score (nSPS) is 11.7. The Balaban J connectivity index is 2.16. The van der Waals surface area contributed by atoms with E-state index in [1.54, 1.807) is 0 Å². The second-order valence-electron chi connectivity index (χ2n) is 6.04. The molecule has 0 saturated carbocycles. The van der Waals surface area contributed by atoms with Gasteiger partial charge in [-0.3, -0.25) is 0 Å². The molecular formula is C23H23IP+. The van der Waals surface area contributed by atoms with Gasteiger partial charge in [0.05, 0.1) is 6.16 Å². The first-order chi connectivity index (χ1) is 12.4. The van der Waals surface area contributed by atoms with Gasteiger partial charge in [-0.05, 0) is 53.3 Å². The minimum atomic E-state index is -1.63. The Kier molecular flexibility index (Phi) is 6.84. The molecule has 25 heavy (non-hydrogen) atoms. The molecule has 0 atom stereocenters. The number of halogens is 1. The van der Waals surface area contributed by atoms with Crippen molar-refractivity contribution in [1.29, 1.82) is 0 Å². The van der Waals surface area contributed by atoms with Crippen molar-refractivity contribution in [2.75, 3.05) is 6.16 Å². The summed E-state index contributed by atoms with van der Waals surface area (Å²) in [6.45, 7) is 0. The van der Waals surface area contributed by atoms with Crippen LogP contribution in [0.25, 0.3) is 0 Å². The van der Waals surface area contributed by atoms with Gasteiger partial charge in [0.15, 0.2) is 0 Å². The highest BCUT2D eigenvalue weighted by atomic mass is 127. The van der Waals surface area contributed by atoms with Crippen LogP contribution in [0.2, 0.25) is 0 Å². The highest BCUT2D eigenvalue weighted by Gasteiger charge is 2.44. The summed E-state index contributed by atoms with van der Waals surface area (Å²) in [6, 6.07) is 33.4. The molecule has 0 heterocycles. The first-order valence-corrected chi connectivity index (χ1v) is 11.9. The van der Waals surface area contributed by atoms with Gasteiger partial charge in [0, 0.05) is 0 Å². The maximum atomic E-state index is 2.32. The molecule has 0 bridgehead atoms. The zero-order chi connectivity index (χ0) is 17.4. The van der Waals surface area contributed by atoms with E-state index in [9.17, 15) is 0 Å². The molecule has 0 saturated heterocycles. The standard InChI is InChI=1S/C23H23IP/c24-19-11-4-12-20-25(21-13-5-1-6-14-21,22-15-7-2-8-16-22)23-17-9-3-10-18-23/h1-3,5-11,13-19H,4,12,20H2/q+1/b19-11+. The Bertz CT molecular complexity index is 685. The van der Waals surface area contributed by atoms with Gasteiger partial charge in [-0.25, -0.2) is 0 Å². The Morgan fingerprint density at radius 3 is 1.40 bits per heavy atom. The molecule has 0 spiro atoms. The smallest absolute Gasteiger partial charge is 0.0783 e. The topological polar surface area (TPSA) is 0 Å². The fraction of sp³-hybridized carbons (Fsp3) is 0.130. The van der Waals surface area contributed by atoms with Gasteiger partial charge >= 0.3 is 0 Å². The van der Waals surface area contributed by atoms with Crippen molar-refractivity contribution < 1.29 is 0 Å². The van der Waals surface area contributed by atoms with Crippen LogP contribution in [-0.2, 0) is 0 Å². The van der Waals surface area contributed by atoms with Gasteiger partial charge in [-0.2, -0.15) is 0 Å². The second-order valence-corrected chi connectivity index (χ2v) is 10.4. The summed E-state index contributed by atoms with van der Waals surface area (Å²) < 4.78 is 2.13. The van der Waals surface area contributed by atoms with Crippen LogP contribution in [0, 0.1) is 0 Å². The number of hydrogen-bond donors (Lipinski definition) is 0. The van der Waals surface area contributed by atoms with E-state index in [1.165, 1.54) is 28.5 Å². The molecule has 0 N–H and O–H groups in total. The Morgan fingerprint density at radius 2 is 1.04 bits per heavy atom. The molecule has 0 amide bonds. The lowest BCUT2D eigenvalue weighted by atomic mass is 10.3. The summed E-state index contributed by atoms with van der Waals surface area (Å²) in [4.78, 5) is 0. The highest BCUT2D eigenvalue weighted by molar-refractivity contribution is 14.1. The van der Waals surface area contributed by atoms with Crippen molar-refractivity contribution in [3.63, 3.8) is 0 Å². The predicted molar refractivity (Wildman–Crippen MR) is 122 cm³/mol. The van der Waals surface area contributed by atoms with Crippen LogP contribution in [-0.4, -0.2) is 6.16 Å². The van der Waals surface area contributed by atoms with Gasteiger partial charge in [-0.15, -0.1) is 0 Å². The Hall–Kier alpha value is -1.44. The van der Waals surface area contributed by atoms with E-state index >= 15 is 0 Å². The number of hydrogen-bond acceptors (Lipinski definition) is 0. The van der Waals surface area contributed by atoms with Crippen molar-refractivity contribution >= 4 is 45.8 Å². The summed E-state index contributed by atoms with van der Waals surface area (Å²) in [5.41, 5.74) is 0. The molecule has 0 fully saturated rings. The van der Waals surface area contributed by atoms with E-state index in [-0.39, 0.29) is 0 Å². The minimum absolute atomic E-state index is 1.14. The molecule has 0 aromatic heterocycles. The average Bonchev–Trinajstić information content (AvgIpc) is 2.70. The Labute approximate surface area is 165 Å². The molecule has 3 aromatic carbocycles. The third kappa shape index (κ3) is 4.22. The van der Waals surface area contributed by atoms with E-state index < -0.39 is 7.26 Å². The summed E-state index contributed by atoms with van der Waals surface area (Å²) in [6.07, 6.45) is 5.81. The molecule has 0 nitrogen and oxygen atoms in total. The van der Waals surface area contributed by atoms with Crippen LogP contribution in [0.1, 0.15) is 12.8 Å². The number of benzene rings is 3. The van der Waals surface area contributed by atoms with Crippen molar-refractivity contribution in [2.45, 2.75) is 12.8 Å². The molecule has 0 radical (unpaired) electrons. The quantitative estimate of drug-likeness (QED) is 0.242. The maximum Gasteiger partial charge on any atom is 0.112 e. The fourth-order valence-corrected chi connectivity index (χ4v) is 8.12. The molecule has 0 aliphatic rings. The van der Waals surface area contributed by atoms with Gasteiger partial charge in [-0.1, -0.05) is 83.3 Å². The van der Waals surface area contributed by atoms with E-state index in [2.05, 4.69) is 124 Å². The summed E-state index contributed by atoms with van der Waals surface area (Å²) in [7, 11) is -1.63. The second kappa shape index (κ2) is 9.31. The molecule has 0 aliphatic carbocycles. The third-order valence-corrected chi connectivity index (χ3v) is 9.58. The number of allylic oxidation sites excluding steroid dienone is 1. The van der Waals surface area contributed by atoms with Gasteiger partial charge in [0.25, 0.3) is 0 Å². The van der Waals surface area contributed by atoms with Crippen molar-refractivity contribution in [3.05, 3.63) is 101 Å². The highest BCUT2D eigenvalue weighted by Crippen LogP contribution is 2.55. The summed E-state index contributed by atoms with van der Waals surface area (Å²) >= 11 is 2.31. The van der Waals surface area contributed by atoms with E-state index in [1.807, 2.05) is 0 Å². The average molecular weight is 457 g/mol. The van der Waals surface area contributed by atoms with Crippen molar-refractivity contribution in [2.24, 2.45) is 0 Å². The molecule has 0 aliphatic heterocycles. The van der Waals surface area contributed by atoms with Gasteiger partial charge in [0.2, 0.25) is 0 Å². The SMILES string of the molecule is I/C=C/CCC[P+](c1ccccc1)(c1ccccc1)c1ccccc1. The summed E-state index contributed by atoms with van der Waals surface area (Å²) in [5, 5.41) is 4.43. The van der Waals surface area contributed by atoms with Crippen LogP contribution < -0.4 is 15.9 Å². The zero-order valence-corrected chi connectivity index (χ0v) is 17.3. The van der Waals surface area contributed by atoms with Crippen LogP contribution in [0.5, 0.6) is 0 Å². The zero-order valence-electron chi connectivity index (χ0n) is 14.3. The molecule has 126 valence electrons. The van der Waals surface area contributed by atoms with Crippen molar-refractivity contribution in [1.82, 2.24) is 0 Å². The molecule has 3 aromatic rings. The number of unbranched alkanes of at least 4 members (excludes halogenated alkanes) is 1.